The number of hydrogen-bond donors (Lipinski definition) is 1. The number of piperidine rings is 1. The van der Waals surface area contributed by atoms with Gasteiger partial charge < -0.3 is 10.2 Å². The monoisotopic (exact) mass is 342 g/mol. The fourth-order valence-corrected chi connectivity index (χ4v) is 3.99. The van der Waals surface area contributed by atoms with Crippen molar-refractivity contribution in [1.29, 1.82) is 0 Å². The number of hydrogen-bond acceptors (Lipinski definition) is 2. The van der Waals surface area contributed by atoms with Crippen molar-refractivity contribution in [1.82, 2.24) is 10.2 Å². The summed E-state index contributed by atoms with van der Waals surface area (Å²) in [7, 11) is 0. The van der Waals surface area contributed by atoms with Gasteiger partial charge in [0.15, 0.2) is 0 Å². The molecule has 0 spiro atoms. The zero-order valence-corrected chi connectivity index (χ0v) is 15.1. The van der Waals surface area contributed by atoms with E-state index in [0.29, 0.717) is 12.3 Å². The Balaban J connectivity index is 1.38. The van der Waals surface area contributed by atoms with Gasteiger partial charge in [-0.25, -0.2) is 0 Å². The lowest BCUT2D eigenvalue weighted by atomic mass is 9.64. The summed E-state index contributed by atoms with van der Waals surface area (Å²) in [5.41, 5.74) is 1.06. The summed E-state index contributed by atoms with van der Waals surface area (Å²) in [6, 6.07) is 10.3. The normalized spacial score (nSPS) is 19.4. The van der Waals surface area contributed by atoms with E-state index in [-0.39, 0.29) is 11.3 Å². The molecule has 1 saturated heterocycles. The fourth-order valence-electron chi connectivity index (χ4n) is 3.99. The summed E-state index contributed by atoms with van der Waals surface area (Å²) < 4.78 is 0. The van der Waals surface area contributed by atoms with E-state index in [0.717, 1.165) is 71.0 Å². The number of amides is 2. The first kappa shape index (κ1) is 18.0. The molecule has 1 aliphatic carbocycles. The first-order valence-electron chi connectivity index (χ1n) is 9.80. The van der Waals surface area contributed by atoms with Crippen LogP contribution in [-0.4, -0.2) is 36.3 Å². The minimum Gasteiger partial charge on any atom is -0.356 e. The molecular formula is C21H30N2O2. The Hall–Kier alpha value is -1.84. The van der Waals surface area contributed by atoms with Gasteiger partial charge in [0.2, 0.25) is 11.8 Å². The van der Waals surface area contributed by atoms with Crippen LogP contribution in [-0.2, 0) is 16.0 Å². The second-order valence-corrected chi connectivity index (χ2v) is 7.60. The van der Waals surface area contributed by atoms with Gasteiger partial charge in [-0.05, 0) is 50.5 Å². The highest BCUT2D eigenvalue weighted by atomic mass is 16.2. The minimum atomic E-state index is -0.190. The Bertz CT molecular complexity index is 581. The molecule has 4 nitrogen and oxygen atoms in total. The average Bonchev–Trinajstić information content (AvgIpc) is 2.60. The number of likely N-dealkylation sites (tertiary alicyclic amines) is 1. The molecule has 1 aromatic carbocycles. The van der Waals surface area contributed by atoms with Crippen LogP contribution in [0.5, 0.6) is 0 Å². The van der Waals surface area contributed by atoms with Crippen LogP contribution in [0.3, 0.4) is 0 Å². The predicted octanol–water partition coefficient (Wildman–Crippen LogP) is 3.31. The molecule has 2 aliphatic rings. The quantitative estimate of drug-likeness (QED) is 0.737. The van der Waals surface area contributed by atoms with Crippen LogP contribution in [0.1, 0.15) is 56.9 Å². The maximum absolute atomic E-state index is 12.7. The van der Waals surface area contributed by atoms with E-state index in [4.69, 9.17) is 0 Å². The predicted molar refractivity (Wildman–Crippen MR) is 99.1 cm³/mol. The maximum atomic E-state index is 12.7. The number of carbonyl (C=O) groups excluding carboxylic acids is 2. The molecule has 4 heteroatoms. The van der Waals surface area contributed by atoms with Crippen LogP contribution in [0.4, 0.5) is 0 Å². The van der Waals surface area contributed by atoms with E-state index in [1.54, 1.807) is 0 Å². The zero-order chi connectivity index (χ0) is 17.5. The highest BCUT2D eigenvalue weighted by molar-refractivity contribution is 5.83. The summed E-state index contributed by atoms with van der Waals surface area (Å²) in [6.45, 7) is 2.46. The van der Waals surface area contributed by atoms with Gasteiger partial charge in [0.25, 0.3) is 0 Å². The molecule has 1 N–H and O–H groups in total. The van der Waals surface area contributed by atoms with Crippen molar-refractivity contribution >= 4 is 11.8 Å². The van der Waals surface area contributed by atoms with Crippen molar-refractivity contribution in [2.24, 2.45) is 5.41 Å². The Labute approximate surface area is 151 Å². The molecular weight excluding hydrogens is 312 g/mol. The molecule has 0 atom stereocenters. The lowest BCUT2D eigenvalue weighted by Crippen LogP contribution is -2.47. The minimum absolute atomic E-state index is 0.190. The smallest absolute Gasteiger partial charge is 0.226 e. The van der Waals surface area contributed by atoms with E-state index in [1.165, 1.54) is 5.56 Å². The van der Waals surface area contributed by atoms with Crippen LogP contribution in [0.15, 0.2) is 30.3 Å². The molecule has 136 valence electrons. The summed E-state index contributed by atoms with van der Waals surface area (Å²) in [5, 5.41) is 3.15. The Morgan fingerprint density at radius 3 is 2.56 bits per heavy atom. The topological polar surface area (TPSA) is 49.4 Å². The molecule has 0 unspecified atom stereocenters. The van der Waals surface area contributed by atoms with Crippen molar-refractivity contribution < 1.29 is 9.59 Å². The molecule has 2 fully saturated rings. The standard InChI is InChI=1S/C21H30N2O2/c24-19-11-4-6-15-23(19)16-7-5-14-22-20(25)21(12-8-13-21)17-18-9-2-1-3-10-18/h1-3,9-10H,4-8,11-17H2,(H,22,25). The van der Waals surface area contributed by atoms with Crippen molar-refractivity contribution in [2.75, 3.05) is 19.6 Å². The lowest BCUT2D eigenvalue weighted by molar-refractivity contribution is -0.136. The van der Waals surface area contributed by atoms with Gasteiger partial charge in [-0.3, -0.25) is 9.59 Å². The Kier molecular flexibility index (Phi) is 6.11. The molecule has 1 heterocycles. The van der Waals surface area contributed by atoms with Crippen molar-refractivity contribution in [3.63, 3.8) is 0 Å². The van der Waals surface area contributed by atoms with E-state index in [9.17, 15) is 9.59 Å². The summed E-state index contributed by atoms with van der Waals surface area (Å²) in [4.78, 5) is 26.4. The van der Waals surface area contributed by atoms with Gasteiger partial charge in [0.05, 0.1) is 5.41 Å². The molecule has 2 amide bonds. The SMILES string of the molecule is O=C1CCCCN1CCCCNC(=O)C1(Cc2ccccc2)CCC1. The van der Waals surface area contributed by atoms with Crippen LogP contribution < -0.4 is 5.32 Å². The second kappa shape index (κ2) is 8.50. The third-order valence-corrected chi connectivity index (χ3v) is 5.74. The van der Waals surface area contributed by atoms with Gasteiger partial charge in [-0.15, -0.1) is 0 Å². The maximum Gasteiger partial charge on any atom is 0.226 e. The molecule has 3 rings (SSSR count). The number of nitrogens with one attached hydrogen (secondary N) is 1. The van der Waals surface area contributed by atoms with E-state index >= 15 is 0 Å². The number of carbonyl (C=O) groups is 2. The van der Waals surface area contributed by atoms with E-state index in [1.807, 2.05) is 23.1 Å². The van der Waals surface area contributed by atoms with Crippen molar-refractivity contribution in [2.45, 2.75) is 57.8 Å². The third kappa shape index (κ3) is 4.62. The highest BCUT2D eigenvalue weighted by Crippen LogP contribution is 2.43. The summed E-state index contributed by atoms with van der Waals surface area (Å²) >= 11 is 0. The van der Waals surface area contributed by atoms with Crippen LogP contribution in [0, 0.1) is 5.41 Å². The van der Waals surface area contributed by atoms with Gasteiger partial charge >= 0.3 is 0 Å². The summed E-state index contributed by atoms with van der Waals surface area (Å²) in [5.74, 6) is 0.517. The van der Waals surface area contributed by atoms with Crippen LogP contribution >= 0.6 is 0 Å². The zero-order valence-electron chi connectivity index (χ0n) is 15.1. The van der Waals surface area contributed by atoms with Gasteiger partial charge in [-0.1, -0.05) is 36.8 Å². The van der Waals surface area contributed by atoms with Gasteiger partial charge in [0, 0.05) is 26.1 Å². The molecule has 0 bridgehead atoms. The number of nitrogens with zero attached hydrogens (tertiary/aromatic N) is 1. The molecule has 1 saturated carbocycles. The lowest BCUT2D eigenvalue weighted by Gasteiger charge is -2.40. The van der Waals surface area contributed by atoms with Crippen LogP contribution in [0.25, 0.3) is 0 Å². The van der Waals surface area contributed by atoms with Crippen molar-refractivity contribution in [3.05, 3.63) is 35.9 Å². The van der Waals surface area contributed by atoms with Gasteiger partial charge in [-0.2, -0.15) is 0 Å². The first-order valence-corrected chi connectivity index (χ1v) is 9.80. The molecule has 1 aliphatic heterocycles. The molecule has 0 aromatic heterocycles. The number of unbranched alkanes of at least 4 members (excludes halogenated alkanes) is 1. The second-order valence-electron chi connectivity index (χ2n) is 7.60. The Morgan fingerprint density at radius 2 is 1.88 bits per heavy atom. The molecule has 0 radical (unpaired) electrons. The Morgan fingerprint density at radius 1 is 1.08 bits per heavy atom. The van der Waals surface area contributed by atoms with Crippen molar-refractivity contribution in [3.8, 4) is 0 Å². The first-order chi connectivity index (χ1) is 12.2. The van der Waals surface area contributed by atoms with E-state index in [2.05, 4.69) is 17.4 Å². The van der Waals surface area contributed by atoms with Crippen LogP contribution in [0.2, 0.25) is 0 Å². The number of rotatable bonds is 8. The molecule has 25 heavy (non-hydrogen) atoms. The summed E-state index contributed by atoms with van der Waals surface area (Å²) in [6.07, 6.45) is 8.78. The average molecular weight is 342 g/mol. The van der Waals surface area contributed by atoms with E-state index < -0.39 is 0 Å². The largest absolute Gasteiger partial charge is 0.356 e. The number of benzene rings is 1. The highest BCUT2D eigenvalue weighted by Gasteiger charge is 2.43. The fraction of sp³-hybridized carbons (Fsp3) is 0.619. The van der Waals surface area contributed by atoms with Gasteiger partial charge in [0.1, 0.15) is 0 Å². The molecule has 1 aromatic rings. The third-order valence-electron chi connectivity index (χ3n) is 5.74.